The Morgan fingerprint density at radius 2 is 1.89 bits per heavy atom. The van der Waals surface area contributed by atoms with E-state index in [9.17, 15) is 0 Å². The van der Waals surface area contributed by atoms with E-state index in [-0.39, 0.29) is 0 Å². The molecule has 2 atom stereocenters. The Morgan fingerprint density at radius 1 is 1.11 bits per heavy atom. The third kappa shape index (κ3) is 2.35. The second kappa shape index (κ2) is 5.47. The van der Waals surface area contributed by atoms with E-state index in [0.717, 1.165) is 0 Å². The van der Waals surface area contributed by atoms with Gasteiger partial charge in [-0.3, -0.25) is 0 Å². The molecule has 1 aromatic heterocycles. The largest absolute Gasteiger partial charge is 0.302 e. The van der Waals surface area contributed by atoms with Crippen molar-refractivity contribution in [3.63, 3.8) is 0 Å². The van der Waals surface area contributed by atoms with Gasteiger partial charge in [0.25, 0.3) is 0 Å². The highest BCUT2D eigenvalue weighted by atomic mass is 32.2. The fraction of sp³-hybridized carbons (Fsp3) is 0.333. The number of hydrogen-bond acceptors (Lipinski definition) is 3. The van der Waals surface area contributed by atoms with E-state index in [1.807, 2.05) is 23.1 Å². The molecule has 3 rings (SSSR count). The molecule has 2 aromatic rings. The fourth-order valence-corrected chi connectivity index (χ4v) is 4.54. The molecule has 1 nitrogen and oxygen atoms in total. The van der Waals surface area contributed by atoms with Crippen LogP contribution in [0, 0.1) is 0 Å². The van der Waals surface area contributed by atoms with E-state index in [4.69, 9.17) is 0 Å². The summed E-state index contributed by atoms with van der Waals surface area (Å²) in [5, 5.41) is 5.99. The van der Waals surface area contributed by atoms with E-state index in [0.29, 0.717) is 12.1 Å². The van der Waals surface area contributed by atoms with Crippen LogP contribution >= 0.6 is 23.1 Å². The van der Waals surface area contributed by atoms with Gasteiger partial charge in [0.05, 0.1) is 0 Å². The van der Waals surface area contributed by atoms with Crippen LogP contribution < -0.4 is 5.32 Å². The van der Waals surface area contributed by atoms with Crippen LogP contribution in [0.15, 0.2) is 46.7 Å². The lowest BCUT2D eigenvalue weighted by atomic mass is 10.1. The summed E-state index contributed by atoms with van der Waals surface area (Å²) in [5.41, 5.74) is 1.42. The first-order chi connectivity index (χ1) is 8.88. The predicted molar refractivity (Wildman–Crippen MR) is 80.4 cm³/mol. The molecule has 0 spiro atoms. The van der Waals surface area contributed by atoms with Gasteiger partial charge in [0, 0.05) is 21.9 Å². The SMILES string of the molecule is CSc1ccsc1[C@H]1CC[C@@H](c2ccccc2)N1. The van der Waals surface area contributed by atoms with E-state index in [2.05, 4.69) is 53.4 Å². The predicted octanol–water partition coefficient (Wildman–Crippen LogP) is 4.64. The van der Waals surface area contributed by atoms with Crippen molar-refractivity contribution in [2.45, 2.75) is 29.8 Å². The van der Waals surface area contributed by atoms with Gasteiger partial charge < -0.3 is 5.32 Å². The molecule has 1 N–H and O–H groups in total. The molecule has 1 aliphatic heterocycles. The average Bonchev–Trinajstić information content (AvgIpc) is 3.08. The number of benzene rings is 1. The van der Waals surface area contributed by atoms with Crippen LogP contribution in [0.3, 0.4) is 0 Å². The number of thiophene rings is 1. The first-order valence-corrected chi connectivity index (χ1v) is 8.41. The zero-order valence-electron chi connectivity index (χ0n) is 10.4. The minimum atomic E-state index is 0.521. The van der Waals surface area contributed by atoms with Crippen LogP contribution in [0.4, 0.5) is 0 Å². The Kier molecular flexibility index (Phi) is 3.73. The monoisotopic (exact) mass is 275 g/mol. The second-order valence-corrected chi connectivity index (χ2v) is 6.41. The molecule has 1 saturated heterocycles. The van der Waals surface area contributed by atoms with E-state index < -0.39 is 0 Å². The molecule has 0 aliphatic carbocycles. The lowest BCUT2D eigenvalue weighted by Crippen LogP contribution is -2.17. The maximum atomic E-state index is 3.78. The topological polar surface area (TPSA) is 12.0 Å². The summed E-state index contributed by atoms with van der Waals surface area (Å²) in [6, 6.07) is 14.1. The third-order valence-electron chi connectivity index (χ3n) is 3.54. The molecular weight excluding hydrogens is 258 g/mol. The first kappa shape index (κ1) is 12.3. The van der Waals surface area contributed by atoms with Crippen LogP contribution in [0.2, 0.25) is 0 Å². The highest BCUT2D eigenvalue weighted by Gasteiger charge is 2.27. The van der Waals surface area contributed by atoms with E-state index in [1.54, 1.807) is 0 Å². The Morgan fingerprint density at radius 3 is 2.67 bits per heavy atom. The van der Waals surface area contributed by atoms with Crippen molar-refractivity contribution in [3.8, 4) is 0 Å². The summed E-state index contributed by atoms with van der Waals surface area (Å²) < 4.78 is 0. The second-order valence-electron chi connectivity index (χ2n) is 4.61. The quantitative estimate of drug-likeness (QED) is 0.819. The zero-order chi connectivity index (χ0) is 12.4. The van der Waals surface area contributed by atoms with Gasteiger partial charge in [-0.2, -0.15) is 0 Å². The summed E-state index contributed by atoms with van der Waals surface area (Å²) >= 11 is 3.74. The average molecular weight is 275 g/mol. The lowest BCUT2D eigenvalue weighted by molar-refractivity contribution is 0.576. The van der Waals surface area contributed by atoms with E-state index >= 15 is 0 Å². The summed E-state index contributed by atoms with van der Waals surface area (Å²) in [7, 11) is 0. The minimum Gasteiger partial charge on any atom is -0.302 e. The Bertz CT molecular complexity index is 506. The number of thioether (sulfide) groups is 1. The summed E-state index contributed by atoms with van der Waals surface area (Å²) in [5.74, 6) is 0. The van der Waals surface area contributed by atoms with Crippen molar-refractivity contribution in [1.29, 1.82) is 0 Å². The Hall–Kier alpha value is -0.770. The van der Waals surface area contributed by atoms with Crippen molar-refractivity contribution < 1.29 is 0 Å². The van der Waals surface area contributed by atoms with Gasteiger partial charge in [0.2, 0.25) is 0 Å². The lowest BCUT2D eigenvalue weighted by Gasteiger charge is -2.14. The third-order valence-corrected chi connectivity index (χ3v) is 5.50. The smallest absolute Gasteiger partial charge is 0.0431 e. The number of rotatable bonds is 3. The van der Waals surface area contributed by atoms with Crippen molar-refractivity contribution in [2.24, 2.45) is 0 Å². The molecule has 94 valence electrons. The Balaban J connectivity index is 1.76. The molecule has 0 amide bonds. The van der Waals surface area contributed by atoms with Crippen LogP contribution in [-0.4, -0.2) is 6.26 Å². The van der Waals surface area contributed by atoms with Gasteiger partial charge in [0.1, 0.15) is 0 Å². The maximum absolute atomic E-state index is 3.78. The number of nitrogens with one attached hydrogen (secondary N) is 1. The van der Waals surface area contributed by atoms with Gasteiger partial charge in [0.15, 0.2) is 0 Å². The molecule has 18 heavy (non-hydrogen) atoms. The van der Waals surface area contributed by atoms with Crippen LogP contribution in [0.1, 0.15) is 35.4 Å². The molecule has 2 heterocycles. The van der Waals surface area contributed by atoms with Gasteiger partial charge in [-0.05, 0) is 36.1 Å². The van der Waals surface area contributed by atoms with Crippen molar-refractivity contribution >= 4 is 23.1 Å². The van der Waals surface area contributed by atoms with Crippen LogP contribution in [0.5, 0.6) is 0 Å². The van der Waals surface area contributed by atoms with Gasteiger partial charge >= 0.3 is 0 Å². The van der Waals surface area contributed by atoms with E-state index in [1.165, 1.54) is 28.2 Å². The molecular formula is C15H17NS2. The van der Waals surface area contributed by atoms with Gasteiger partial charge in [-0.25, -0.2) is 0 Å². The standard InChI is InChI=1S/C15H17NS2/c1-17-14-9-10-18-15(14)13-8-7-12(16-13)11-5-3-2-4-6-11/h2-6,9-10,12-13,16H,7-8H2,1H3/t12-,13+/m0/s1. The highest BCUT2D eigenvalue weighted by molar-refractivity contribution is 7.98. The van der Waals surface area contributed by atoms with Gasteiger partial charge in [-0.15, -0.1) is 23.1 Å². The number of hydrogen-bond donors (Lipinski definition) is 1. The summed E-state index contributed by atoms with van der Waals surface area (Å²) in [6.45, 7) is 0. The molecule has 0 saturated carbocycles. The maximum Gasteiger partial charge on any atom is 0.0431 e. The molecule has 0 bridgehead atoms. The molecule has 1 fully saturated rings. The summed E-state index contributed by atoms with van der Waals surface area (Å²) in [4.78, 5) is 2.95. The molecule has 0 unspecified atom stereocenters. The summed E-state index contributed by atoms with van der Waals surface area (Å²) in [6.07, 6.45) is 4.64. The molecule has 0 radical (unpaired) electrons. The highest BCUT2D eigenvalue weighted by Crippen LogP contribution is 2.40. The van der Waals surface area contributed by atoms with Crippen molar-refractivity contribution in [3.05, 3.63) is 52.2 Å². The van der Waals surface area contributed by atoms with Crippen LogP contribution in [0.25, 0.3) is 0 Å². The molecule has 1 aliphatic rings. The zero-order valence-corrected chi connectivity index (χ0v) is 12.1. The van der Waals surface area contributed by atoms with Gasteiger partial charge in [-0.1, -0.05) is 30.3 Å². The first-order valence-electron chi connectivity index (χ1n) is 6.31. The minimum absolute atomic E-state index is 0.521. The Labute approximate surface area is 117 Å². The molecule has 3 heteroatoms. The van der Waals surface area contributed by atoms with Crippen LogP contribution in [-0.2, 0) is 0 Å². The molecule has 1 aromatic carbocycles. The fourth-order valence-electron chi connectivity index (χ4n) is 2.63. The van der Waals surface area contributed by atoms with Crippen molar-refractivity contribution in [2.75, 3.05) is 6.26 Å². The van der Waals surface area contributed by atoms with Crippen molar-refractivity contribution in [1.82, 2.24) is 5.32 Å². The normalized spacial score (nSPS) is 23.4.